The molecule has 0 atom stereocenters. The maximum absolute atomic E-state index is 5.50. The van der Waals surface area contributed by atoms with Crippen LogP contribution in [-0.4, -0.2) is 39.5 Å². The maximum Gasteiger partial charge on any atom is 0.121 e. The van der Waals surface area contributed by atoms with Gasteiger partial charge >= 0.3 is 0 Å². The van der Waals surface area contributed by atoms with Crippen LogP contribution in [0, 0.1) is 0 Å². The first kappa shape index (κ1) is 11.2. The second-order valence-electron chi connectivity index (χ2n) is 3.73. The molecule has 1 aromatic rings. The molecule has 88 valence electrons. The van der Waals surface area contributed by atoms with Gasteiger partial charge in [-0.15, -0.1) is 0 Å². The van der Waals surface area contributed by atoms with E-state index in [4.69, 9.17) is 15.2 Å². The highest BCUT2D eigenvalue weighted by Gasteiger charge is 2.11. The molecule has 0 spiro atoms. The van der Waals surface area contributed by atoms with Crippen molar-refractivity contribution in [3.63, 3.8) is 0 Å². The first-order valence-electron chi connectivity index (χ1n) is 5.66. The summed E-state index contributed by atoms with van der Waals surface area (Å²) in [5.41, 5.74) is 6.60. The standard InChI is InChI=1S/C12H18N2O2/c13-4-7-16-12-3-1-2-11(10-12)14-5-8-15-9-6-14/h1-3,10H,4-9,13H2. The molecule has 0 bridgehead atoms. The highest BCUT2D eigenvalue weighted by molar-refractivity contribution is 5.50. The van der Waals surface area contributed by atoms with E-state index in [-0.39, 0.29) is 0 Å². The molecule has 1 aliphatic heterocycles. The van der Waals surface area contributed by atoms with Crippen molar-refractivity contribution in [1.82, 2.24) is 0 Å². The number of benzene rings is 1. The van der Waals surface area contributed by atoms with Gasteiger partial charge in [-0.05, 0) is 12.1 Å². The van der Waals surface area contributed by atoms with E-state index in [2.05, 4.69) is 17.0 Å². The highest BCUT2D eigenvalue weighted by Crippen LogP contribution is 2.21. The molecule has 4 heteroatoms. The summed E-state index contributed by atoms with van der Waals surface area (Å²) in [4.78, 5) is 2.30. The minimum atomic E-state index is 0.543. The van der Waals surface area contributed by atoms with Gasteiger partial charge in [0.15, 0.2) is 0 Å². The quantitative estimate of drug-likeness (QED) is 0.821. The van der Waals surface area contributed by atoms with Crippen LogP contribution in [0.4, 0.5) is 5.69 Å². The molecule has 1 fully saturated rings. The van der Waals surface area contributed by atoms with Crippen molar-refractivity contribution in [1.29, 1.82) is 0 Å². The van der Waals surface area contributed by atoms with Crippen molar-refractivity contribution in [2.24, 2.45) is 5.73 Å². The van der Waals surface area contributed by atoms with E-state index in [1.807, 2.05) is 12.1 Å². The van der Waals surface area contributed by atoms with Gasteiger partial charge < -0.3 is 20.1 Å². The lowest BCUT2D eigenvalue weighted by Crippen LogP contribution is -2.36. The average molecular weight is 222 g/mol. The number of ether oxygens (including phenoxy) is 2. The van der Waals surface area contributed by atoms with Gasteiger partial charge in [0.1, 0.15) is 12.4 Å². The maximum atomic E-state index is 5.50. The molecule has 0 aromatic heterocycles. The van der Waals surface area contributed by atoms with Gasteiger partial charge in [0, 0.05) is 31.4 Å². The molecule has 1 heterocycles. The van der Waals surface area contributed by atoms with Gasteiger partial charge in [-0.25, -0.2) is 0 Å². The number of hydrogen-bond donors (Lipinski definition) is 1. The van der Waals surface area contributed by atoms with Crippen LogP contribution in [0.3, 0.4) is 0 Å². The Kier molecular flexibility index (Phi) is 4.02. The molecule has 1 aromatic carbocycles. The molecular formula is C12H18N2O2. The summed E-state index contributed by atoms with van der Waals surface area (Å²) < 4.78 is 10.8. The average Bonchev–Trinajstić information content (AvgIpc) is 2.38. The highest BCUT2D eigenvalue weighted by atomic mass is 16.5. The van der Waals surface area contributed by atoms with Crippen molar-refractivity contribution in [2.75, 3.05) is 44.4 Å². The van der Waals surface area contributed by atoms with Crippen LogP contribution in [0.2, 0.25) is 0 Å². The Labute approximate surface area is 95.9 Å². The van der Waals surface area contributed by atoms with Crippen molar-refractivity contribution in [3.05, 3.63) is 24.3 Å². The fraction of sp³-hybridized carbons (Fsp3) is 0.500. The number of morpholine rings is 1. The van der Waals surface area contributed by atoms with E-state index in [1.165, 1.54) is 5.69 Å². The lowest BCUT2D eigenvalue weighted by molar-refractivity contribution is 0.122. The van der Waals surface area contributed by atoms with Crippen LogP contribution < -0.4 is 15.4 Å². The lowest BCUT2D eigenvalue weighted by Gasteiger charge is -2.29. The van der Waals surface area contributed by atoms with Gasteiger partial charge in [0.2, 0.25) is 0 Å². The normalized spacial score (nSPS) is 16.2. The number of nitrogens with two attached hydrogens (primary N) is 1. The monoisotopic (exact) mass is 222 g/mol. The van der Waals surface area contributed by atoms with Gasteiger partial charge in [-0.3, -0.25) is 0 Å². The first-order valence-corrected chi connectivity index (χ1v) is 5.66. The van der Waals surface area contributed by atoms with Gasteiger partial charge in [-0.2, -0.15) is 0 Å². The van der Waals surface area contributed by atoms with Crippen LogP contribution in [0.15, 0.2) is 24.3 Å². The molecule has 0 radical (unpaired) electrons. The van der Waals surface area contributed by atoms with Crippen LogP contribution in [-0.2, 0) is 4.74 Å². The topological polar surface area (TPSA) is 47.7 Å². The summed E-state index contributed by atoms with van der Waals surface area (Å²) in [7, 11) is 0. The third-order valence-corrected chi connectivity index (χ3v) is 2.58. The minimum Gasteiger partial charge on any atom is -0.492 e. The van der Waals surface area contributed by atoms with E-state index in [0.29, 0.717) is 13.2 Å². The van der Waals surface area contributed by atoms with Gasteiger partial charge in [0.25, 0.3) is 0 Å². The molecule has 0 saturated carbocycles. The number of anilines is 1. The van der Waals surface area contributed by atoms with E-state index in [9.17, 15) is 0 Å². The van der Waals surface area contributed by atoms with Crippen LogP contribution in [0.5, 0.6) is 5.75 Å². The van der Waals surface area contributed by atoms with Crippen LogP contribution in [0.25, 0.3) is 0 Å². The van der Waals surface area contributed by atoms with Crippen molar-refractivity contribution in [3.8, 4) is 5.75 Å². The second-order valence-corrected chi connectivity index (χ2v) is 3.73. The Bertz CT molecular complexity index is 325. The molecule has 2 rings (SSSR count). The molecule has 16 heavy (non-hydrogen) atoms. The molecule has 2 N–H and O–H groups in total. The third-order valence-electron chi connectivity index (χ3n) is 2.58. The number of hydrogen-bond acceptors (Lipinski definition) is 4. The van der Waals surface area contributed by atoms with Crippen LogP contribution in [0.1, 0.15) is 0 Å². The fourth-order valence-electron chi connectivity index (χ4n) is 1.77. The smallest absolute Gasteiger partial charge is 0.121 e. The van der Waals surface area contributed by atoms with Crippen molar-refractivity contribution < 1.29 is 9.47 Å². The van der Waals surface area contributed by atoms with Gasteiger partial charge in [-0.1, -0.05) is 6.07 Å². The zero-order chi connectivity index (χ0) is 11.2. The molecule has 4 nitrogen and oxygen atoms in total. The Morgan fingerprint density at radius 2 is 2.12 bits per heavy atom. The molecule has 0 aliphatic carbocycles. The predicted octanol–water partition coefficient (Wildman–Crippen LogP) is 0.861. The molecule has 0 unspecified atom stereocenters. The SMILES string of the molecule is NCCOc1cccc(N2CCOCC2)c1. The second kappa shape index (κ2) is 5.72. The zero-order valence-electron chi connectivity index (χ0n) is 9.39. The van der Waals surface area contributed by atoms with Crippen molar-refractivity contribution >= 4 is 5.69 Å². The Morgan fingerprint density at radius 1 is 1.31 bits per heavy atom. The Hall–Kier alpha value is -1.26. The molecule has 1 saturated heterocycles. The molecular weight excluding hydrogens is 204 g/mol. The summed E-state index contributed by atoms with van der Waals surface area (Å²) in [5, 5.41) is 0. The summed E-state index contributed by atoms with van der Waals surface area (Å²) in [6.07, 6.45) is 0. The zero-order valence-corrected chi connectivity index (χ0v) is 9.39. The lowest BCUT2D eigenvalue weighted by atomic mass is 10.2. The summed E-state index contributed by atoms with van der Waals surface area (Å²) in [6.45, 7) is 4.59. The predicted molar refractivity (Wildman–Crippen MR) is 64.0 cm³/mol. The Balaban J connectivity index is 2.02. The Morgan fingerprint density at radius 3 is 2.88 bits per heavy atom. The number of rotatable bonds is 4. The summed E-state index contributed by atoms with van der Waals surface area (Å²) in [6, 6.07) is 8.12. The molecule has 1 aliphatic rings. The first-order chi connectivity index (χ1) is 7.90. The largest absolute Gasteiger partial charge is 0.492 e. The number of nitrogens with zero attached hydrogens (tertiary/aromatic N) is 1. The third kappa shape index (κ3) is 2.87. The van der Waals surface area contributed by atoms with E-state index < -0.39 is 0 Å². The van der Waals surface area contributed by atoms with Crippen LogP contribution >= 0.6 is 0 Å². The minimum absolute atomic E-state index is 0.543. The van der Waals surface area contributed by atoms with Crippen molar-refractivity contribution in [2.45, 2.75) is 0 Å². The van der Waals surface area contributed by atoms with Gasteiger partial charge in [0.05, 0.1) is 13.2 Å². The summed E-state index contributed by atoms with van der Waals surface area (Å²) in [5.74, 6) is 0.884. The fourth-order valence-corrected chi connectivity index (χ4v) is 1.77. The van der Waals surface area contributed by atoms with E-state index >= 15 is 0 Å². The van der Waals surface area contributed by atoms with E-state index in [1.54, 1.807) is 0 Å². The van der Waals surface area contributed by atoms with E-state index in [0.717, 1.165) is 32.1 Å². The summed E-state index contributed by atoms with van der Waals surface area (Å²) >= 11 is 0. The molecule has 0 amide bonds.